The highest BCUT2D eigenvalue weighted by molar-refractivity contribution is 7.95. The molecule has 0 saturated carbocycles. The Bertz CT molecular complexity index is 259. The molecular weight excluding hydrogens is 184 g/mol. The molecule has 0 aromatic carbocycles. The Kier molecular flexibility index (Phi) is 4.17. The molecule has 0 N–H and O–H groups in total. The molecule has 0 radical (unpaired) electrons. The quantitative estimate of drug-likeness (QED) is 0.690. The summed E-state index contributed by atoms with van der Waals surface area (Å²) < 4.78 is 23.0. The van der Waals surface area contributed by atoms with Gasteiger partial charge in [0.25, 0.3) is 0 Å². The second kappa shape index (κ2) is 4.27. The zero-order chi connectivity index (χ0) is 10.7. The second-order valence-electron chi connectivity index (χ2n) is 3.64. The SMILES string of the molecule is C=CS(=O)(=O)C(CC)(CC)C(C)C. The topological polar surface area (TPSA) is 34.1 Å². The summed E-state index contributed by atoms with van der Waals surface area (Å²) in [5, 5.41) is 1.10. The lowest BCUT2D eigenvalue weighted by Crippen LogP contribution is -2.41. The average Bonchev–Trinajstić information content (AvgIpc) is 2.06. The minimum Gasteiger partial charge on any atom is -0.224 e. The van der Waals surface area contributed by atoms with E-state index >= 15 is 0 Å². The number of hydrogen-bond donors (Lipinski definition) is 0. The number of hydrogen-bond acceptors (Lipinski definition) is 2. The Labute approximate surface area is 82.0 Å². The second-order valence-corrected chi connectivity index (χ2v) is 5.87. The normalized spacial score (nSPS) is 13.3. The van der Waals surface area contributed by atoms with Crippen LogP contribution in [0.3, 0.4) is 0 Å². The molecule has 0 aliphatic heterocycles. The van der Waals surface area contributed by atoms with Crippen molar-refractivity contribution in [1.29, 1.82) is 0 Å². The van der Waals surface area contributed by atoms with Crippen molar-refractivity contribution in [2.45, 2.75) is 45.3 Å². The van der Waals surface area contributed by atoms with E-state index in [1.54, 1.807) is 0 Å². The van der Waals surface area contributed by atoms with Crippen molar-refractivity contribution in [2.75, 3.05) is 0 Å². The molecule has 2 nitrogen and oxygen atoms in total. The fraction of sp³-hybridized carbons (Fsp3) is 0.800. The molecular formula is C10H20O2S. The third kappa shape index (κ3) is 1.96. The van der Waals surface area contributed by atoms with Gasteiger partial charge in [0.1, 0.15) is 0 Å². The monoisotopic (exact) mass is 204 g/mol. The molecule has 0 bridgehead atoms. The molecule has 78 valence electrons. The zero-order valence-corrected chi connectivity index (χ0v) is 9.82. The van der Waals surface area contributed by atoms with Gasteiger partial charge in [-0.15, -0.1) is 0 Å². The highest BCUT2D eigenvalue weighted by Crippen LogP contribution is 2.34. The summed E-state index contributed by atoms with van der Waals surface area (Å²) in [6.45, 7) is 11.1. The molecule has 0 fully saturated rings. The highest BCUT2D eigenvalue weighted by Gasteiger charge is 2.41. The molecule has 13 heavy (non-hydrogen) atoms. The molecule has 0 saturated heterocycles. The maximum Gasteiger partial charge on any atom is 0.176 e. The Morgan fingerprint density at radius 3 is 1.77 bits per heavy atom. The first-order valence-electron chi connectivity index (χ1n) is 4.75. The van der Waals surface area contributed by atoms with E-state index in [9.17, 15) is 8.42 Å². The maximum atomic E-state index is 11.8. The molecule has 0 atom stereocenters. The summed E-state index contributed by atoms with van der Waals surface area (Å²) in [6.07, 6.45) is 1.30. The predicted octanol–water partition coefficient (Wildman–Crippen LogP) is 2.76. The van der Waals surface area contributed by atoms with Gasteiger partial charge in [0.05, 0.1) is 4.75 Å². The van der Waals surface area contributed by atoms with E-state index in [1.165, 1.54) is 0 Å². The van der Waals surface area contributed by atoms with Crippen LogP contribution in [0.25, 0.3) is 0 Å². The first-order valence-corrected chi connectivity index (χ1v) is 6.29. The van der Waals surface area contributed by atoms with E-state index in [4.69, 9.17) is 0 Å². The summed E-state index contributed by atoms with van der Waals surface area (Å²) >= 11 is 0. The molecule has 0 rings (SSSR count). The summed E-state index contributed by atoms with van der Waals surface area (Å²) in [4.78, 5) is 0. The summed E-state index contributed by atoms with van der Waals surface area (Å²) in [6, 6.07) is 0. The first-order chi connectivity index (χ1) is 5.88. The van der Waals surface area contributed by atoms with Crippen molar-refractivity contribution >= 4 is 9.84 Å². The van der Waals surface area contributed by atoms with E-state index < -0.39 is 14.6 Å². The highest BCUT2D eigenvalue weighted by atomic mass is 32.2. The molecule has 0 aliphatic carbocycles. The van der Waals surface area contributed by atoms with Gasteiger partial charge in [0.2, 0.25) is 0 Å². The molecule has 0 amide bonds. The van der Waals surface area contributed by atoms with Crippen LogP contribution in [0, 0.1) is 5.92 Å². The van der Waals surface area contributed by atoms with Crippen LogP contribution in [-0.2, 0) is 9.84 Å². The van der Waals surface area contributed by atoms with E-state index in [0.717, 1.165) is 5.41 Å². The first kappa shape index (κ1) is 12.7. The van der Waals surface area contributed by atoms with Crippen LogP contribution in [0.4, 0.5) is 0 Å². The number of rotatable bonds is 5. The molecule has 0 heterocycles. The fourth-order valence-corrected chi connectivity index (χ4v) is 3.76. The van der Waals surface area contributed by atoms with Gasteiger partial charge >= 0.3 is 0 Å². The van der Waals surface area contributed by atoms with Gasteiger partial charge < -0.3 is 0 Å². The Balaban J connectivity index is 5.35. The van der Waals surface area contributed by atoms with Gasteiger partial charge in [-0.05, 0) is 18.8 Å². The van der Waals surface area contributed by atoms with Crippen LogP contribution in [-0.4, -0.2) is 13.2 Å². The molecule has 0 aliphatic rings. The third-order valence-corrected chi connectivity index (χ3v) is 5.66. The van der Waals surface area contributed by atoms with Crippen LogP contribution in [0.2, 0.25) is 0 Å². The van der Waals surface area contributed by atoms with Gasteiger partial charge in [-0.3, -0.25) is 0 Å². The Morgan fingerprint density at radius 1 is 1.31 bits per heavy atom. The lowest BCUT2D eigenvalue weighted by atomic mass is 9.90. The van der Waals surface area contributed by atoms with Crippen molar-refractivity contribution in [2.24, 2.45) is 5.92 Å². The van der Waals surface area contributed by atoms with Crippen molar-refractivity contribution in [3.8, 4) is 0 Å². The Hall–Kier alpha value is -0.310. The maximum absolute atomic E-state index is 11.8. The molecule has 0 unspecified atom stereocenters. The summed E-state index contributed by atoms with van der Waals surface area (Å²) in [5.74, 6) is 0.130. The van der Waals surface area contributed by atoms with Crippen LogP contribution in [0.15, 0.2) is 12.0 Å². The largest absolute Gasteiger partial charge is 0.224 e. The van der Waals surface area contributed by atoms with Crippen LogP contribution >= 0.6 is 0 Å². The molecule has 3 heteroatoms. The van der Waals surface area contributed by atoms with Crippen molar-refractivity contribution < 1.29 is 8.42 Å². The molecule has 0 aromatic heterocycles. The van der Waals surface area contributed by atoms with E-state index in [-0.39, 0.29) is 5.92 Å². The average molecular weight is 204 g/mol. The minimum atomic E-state index is -3.16. The van der Waals surface area contributed by atoms with Gasteiger partial charge in [0, 0.05) is 5.41 Å². The van der Waals surface area contributed by atoms with E-state index in [0.29, 0.717) is 12.8 Å². The third-order valence-electron chi connectivity index (χ3n) is 3.04. The minimum absolute atomic E-state index is 0.130. The lowest BCUT2D eigenvalue weighted by Gasteiger charge is -2.33. The van der Waals surface area contributed by atoms with Crippen molar-refractivity contribution in [3.63, 3.8) is 0 Å². The number of sulfone groups is 1. The zero-order valence-electron chi connectivity index (χ0n) is 9.00. The standard InChI is InChI=1S/C10H20O2S/c1-6-10(7-2,9(4)5)13(11,12)8-3/h8-9H,3,6-7H2,1-2,4-5H3. The van der Waals surface area contributed by atoms with Gasteiger partial charge in [-0.25, -0.2) is 8.42 Å². The lowest BCUT2D eigenvalue weighted by molar-refractivity contribution is 0.381. The molecule has 0 aromatic rings. The van der Waals surface area contributed by atoms with Crippen molar-refractivity contribution in [1.82, 2.24) is 0 Å². The van der Waals surface area contributed by atoms with Gasteiger partial charge in [-0.2, -0.15) is 0 Å². The summed E-state index contributed by atoms with van der Waals surface area (Å²) in [7, 11) is -3.16. The van der Waals surface area contributed by atoms with Crippen molar-refractivity contribution in [3.05, 3.63) is 12.0 Å². The van der Waals surface area contributed by atoms with Gasteiger partial charge in [0.15, 0.2) is 9.84 Å². The summed E-state index contributed by atoms with van der Waals surface area (Å²) in [5.41, 5.74) is 0. The van der Waals surface area contributed by atoms with Crippen LogP contribution in [0.5, 0.6) is 0 Å². The smallest absolute Gasteiger partial charge is 0.176 e. The molecule has 0 spiro atoms. The van der Waals surface area contributed by atoms with E-state index in [1.807, 2.05) is 27.7 Å². The van der Waals surface area contributed by atoms with E-state index in [2.05, 4.69) is 6.58 Å². The van der Waals surface area contributed by atoms with Crippen LogP contribution in [0.1, 0.15) is 40.5 Å². The van der Waals surface area contributed by atoms with Crippen LogP contribution < -0.4 is 0 Å². The van der Waals surface area contributed by atoms with Gasteiger partial charge in [-0.1, -0.05) is 34.3 Å². The Morgan fingerprint density at radius 2 is 1.69 bits per heavy atom. The predicted molar refractivity (Wildman–Crippen MR) is 57.3 cm³/mol. The fourth-order valence-electron chi connectivity index (χ4n) is 1.96.